The molecule has 0 spiro atoms. The Hall–Kier alpha value is -1.46. The van der Waals surface area contributed by atoms with Crippen molar-refractivity contribution < 1.29 is 5.11 Å². The fraction of sp³-hybridized carbons (Fsp3) is 0.462. The molecule has 2 rings (SSSR count). The second-order valence-electron chi connectivity index (χ2n) is 4.49. The van der Waals surface area contributed by atoms with Crippen LogP contribution in [0.3, 0.4) is 0 Å². The van der Waals surface area contributed by atoms with E-state index in [1.54, 1.807) is 0 Å². The molecule has 0 aliphatic rings. The highest BCUT2D eigenvalue weighted by Crippen LogP contribution is 2.23. The Balaban J connectivity index is 2.55. The number of aromatic nitrogens is 4. The highest BCUT2D eigenvalue weighted by Gasteiger charge is 2.17. The zero-order valence-electron chi connectivity index (χ0n) is 11.3. The van der Waals surface area contributed by atoms with Crippen molar-refractivity contribution in [1.82, 2.24) is 19.7 Å². The molecule has 0 saturated carbocycles. The van der Waals surface area contributed by atoms with Crippen LogP contribution in [0.25, 0.3) is 5.95 Å². The molecule has 2 aromatic rings. The van der Waals surface area contributed by atoms with Crippen molar-refractivity contribution in [2.24, 2.45) is 0 Å². The first kappa shape index (κ1) is 14.0. The summed E-state index contributed by atoms with van der Waals surface area (Å²) < 4.78 is 1.50. The van der Waals surface area contributed by atoms with Gasteiger partial charge in [0, 0.05) is 17.0 Å². The molecule has 0 bridgehead atoms. The summed E-state index contributed by atoms with van der Waals surface area (Å²) in [4.78, 5) is 8.67. The zero-order valence-corrected chi connectivity index (χ0v) is 12.1. The predicted molar refractivity (Wildman–Crippen MR) is 73.6 cm³/mol. The maximum Gasteiger partial charge on any atom is 0.252 e. The van der Waals surface area contributed by atoms with Crippen molar-refractivity contribution in [3.05, 3.63) is 33.9 Å². The molecule has 6 heteroatoms. The van der Waals surface area contributed by atoms with Crippen LogP contribution in [0.15, 0.2) is 6.07 Å². The van der Waals surface area contributed by atoms with E-state index >= 15 is 0 Å². The van der Waals surface area contributed by atoms with Crippen LogP contribution < -0.4 is 0 Å². The van der Waals surface area contributed by atoms with Crippen LogP contribution in [-0.2, 0) is 13.0 Å². The number of aryl methyl sites for hydroxylation is 3. The molecule has 0 amide bonds. The summed E-state index contributed by atoms with van der Waals surface area (Å²) in [6.45, 7) is 5.73. The number of halogens is 1. The minimum Gasteiger partial charge on any atom is -0.391 e. The topological polar surface area (TPSA) is 63.8 Å². The largest absolute Gasteiger partial charge is 0.391 e. The monoisotopic (exact) mass is 280 g/mol. The van der Waals surface area contributed by atoms with Crippen LogP contribution in [-0.4, -0.2) is 24.9 Å². The molecule has 102 valence electrons. The predicted octanol–water partition coefficient (Wildman–Crippen LogP) is 2.38. The van der Waals surface area contributed by atoms with Crippen LogP contribution in [0.5, 0.6) is 0 Å². The lowest BCUT2D eigenvalue weighted by atomic mass is 10.2. The van der Waals surface area contributed by atoms with E-state index in [2.05, 4.69) is 22.0 Å². The Morgan fingerprint density at radius 1 is 1.26 bits per heavy atom. The van der Waals surface area contributed by atoms with Gasteiger partial charge in [-0.15, -0.1) is 0 Å². The van der Waals surface area contributed by atoms with Gasteiger partial charge in [-0.3, -0.25) is 0 Å². The normalized spacial score (nSPS) is 11.0. The van der Waals surface area contributed by atoms with Gasteiger partial charge in [-0.25, -0.2) is 9.97 Å². The molecule has 19 heavy (non-hydrogen) atoms. The van der Waals surface area contributed by atoms with Crippen molar-refractivity contribution in [2.75, 3.05) is 0 Å². The Morgan fingerprint density at radius 3 is 2.42 bits per heavy atom. The van der Waals surface area contributed by atoms with Crippen molar-refractivity contribution in [3.63, 3.8) is 0 Å². The number of rotatable bonds is 4. The number of aliphatic hydroxyl groups excluding tert-OH is 1. The molecule has 0 aliphatic heterocycles. The summed E-state index contributed by atoms with van der Waals surface area (Å²) in [5.41, 5.74) is 3.18. The van der Waals surface area contributed by atoms with Crippen LogP contribution in [0, 0.1) is 13.8 Å². The van der Waals surface area contributed by atoms with Gasteiger partial charge in [0.2, 0.25) is 0 Å². The third-order valence-corrected chi connectivity index (χ3v) is 3.20. The van der Waals surface area contributed by atoms with Gasteiger partial charge in [-0.1, -0.05) is 24.9 Å². The van der Waals surface area contributed by atoms with Gasteiger partial charge in [0.25, 0.3) is 5.95 Å². The fourth-order valence-corrected chi connectivity index (χ4v) is 2.28. The molecule has 0 fully saturated rings. The standard InChI is InChI=1S/C13H17ClN4O/c1-4-5-11-10(7-19)12(14)18(17-11)13-15-8(2)6-9(3)16-13/h6,19H,4-5,7H2,1-3H3. The van der Waals surface area contributed by atoms with Gasteiger partial charge in [-0.05, 0) is 26.3 Å². The number of nitrogens with zero attached hydrogens (tertiary/aromatic N) is 4. The van der Waals surface area contributed by atoms with Gasteiger partial charge in [0.15, 0.2) is 0 Å². The van der Waals surface area contributed by atoms with E-state index in [-0.39, 0.29) is 6.61 Å². The van der Waals surface area contributed by atoms with Gasteiger partial charge >= 0.3 is 0 Å². The highest BCUT2D eigenvalue weighted by molar-refractivity contribution is 6.30. The Labute approximate surface area is 117 Å². The first-order chi connectivity index (χ1) is 9.06. The third-order valence-electron chi connectivity index (χ3n) is 2.81. The molecule has 2 aromatic heterocycles. The fourth-order valence-electron chi connectivity index (χ4n) is 2.00. The molecule has 5 nitrogen and oxygen atoms in total. The minimum absolute atomic E-state index is 0.126. The van der Waals surface area contributed by atoms with Crippen LogP contribution in [0.2, 0.25) is 5.15 Å². The van der Waals surface area contributed by atoms with Crippen molar-refractivity contribution in [3.8, 4) is 5.95 Å². The zero-order chi connectivity index (χ0) is 14.0. The molecule has 0 saturated heterocycles. The molecule has 0 radical (unpaired) electrons. The Bertz CT molecular complexity index is 574. The lowest BCUT2D eigenvalue weighted by Gasteiger charge is -2.03. The van der Waals surface area contributed by atoms with E-state index < -0.39 is 0 Å². The second kappa shape index (κ2) is 5.67. The first-order valence-electron chi connectivity index (χ1n) is 6.26. The molecule has 0 unspecified atom stereocenters. The average molecular weight is 281 g/mol. The van der Waals surface area contributed by atoms with E-state index in [1.165, 1.54) is 4.68 Å². The van der Waals surface area contributed by atoms with Gasteiger partial charge in [0.05, 0.1) is 12.3 Å². The van der Waals surface area contributed by atoms with Gasteiger partial charge in [0.1, 0.15) is 5.15 Å². The third kappa shape index (κ3) is 2.77. The maximum atomic E-state index is 9.42. The van der Waals surface area contributed by atoms with E-state index in [4.69, 9.17) is 11.6 Å². The second-order valence-corrected chi connectivity index (χ2v) is 4.84. The van der Waals surface area contributed by atoms with Crippen molar-refractivity contribution in [2.45, 2.75) is 40.2 Å². The molecule has 2 heterocycles. The molecular weight excluding hydrogens is 264 g/mol. The summed E-state index contributed by atoms with van der Waals surface area (Å²) in [5, 5.41) is 14.2. The quantitative estimate of drug-likeness (QED) is 0.934. The summed E-state index contributed by atoms with van der Waals surface area (Å²) in [6.07, 6.45) is 1.71. The Morgan fingerprint density at radius 2 is 1.89 bits per heavy atom. The first-order valence-corrected chi connectivity index (χ1v) is 6.64. The SMILES string of the molecule is CCCc1nn(-c2nc(C)cc(C)n2)c(Cl)c1CO. The van der Waals surface area contributed by atoms with Gasteiger partial charge < -0.3 is 5.11 Å². The van der Waals surface area contributed by atoms with E-state index in [9.17, 15) is 5.11 Å². The average Bonchev–Trinajstić information content (AvgIpc) is 2.65. The van der Waals surface area contributed by atoms with Crippen LogP contribution in [0.4, 0.5) is 0 Å². The van der Waals surface area contributed by atoms with E-state index in [0.717, 1.165) is 29.9 Å². The lowest BCUT2D eigenvalue weighted by Crippen LogP contribution is -2.06. The van der Waals surface area contributed by atoms with E-state index in [0.29, 0.717) is 16.7 Å². The molecular formula is C13H17ClN4O. The molecule has 0 aromatic carbocycles. The number of hydrogen-bond donors (Lipinski definition) is 1. The summed E-state index contributed by atoms with van der Waals surface area (Å²) in [7, 11) is 0. The minimum atomic E-state index is -0.126. The summed E-state index contributed by atoms with van der Waals surface area (Å²) in [5.74, 6) is 0.444. The van der Waals surface area contributed by atoms with Crippen LogP contribution in [0.1, 0.15) is 36.0 Å². The highest BCUT2D eigenvalue weighted by atomic mass is 35.5. The number of aliphatic hydroxyl groups is 1. The summed E-state index contributed by atoms with van der Waals surface area (Å²) in [6, 6.07) is 1.89. The lowest BCUT2D eigenvalue weighted by molar-refractivity contribution is 0.280. The number of hydrogen-bond acceptors (Lipinski definition) is 4. The van der Waals surface area contributed by atoms with Crippen molar-refractivity contribution in [1.29, 1.82) is 0 Å². The maximum absolute atomic E-state index is 9.42. The smallest absolute Gasteiger partial charge is 0.252 e. The van der Waals surface area contributed by atoms with Crippen molar-refractivity contribution >= 4 is 11.6 Å². The van der Waals surface area contributed by atoms with Crippen LogP contribution >= 0.6 is 11.6 Å². The molecule has 0 atom stereocenters. The van der Waals surface area contributed by atoms with E-state index in [1.807, 2.05) is 19.9 Å². The Kier molecular flexibility index (Phi) is 4.17. The van der Waals surface area contributed by atoms with Gasteiger partial charge in [-0.2, -0.15) is 9.78 Å². The molecule has 0 aliphatic carbocycles. The summed E-state index contributed by atoms with van der Waals surface area (Å²) >= 11 is 6.27. The molecule has 1 N–H and O–H groups in total.